The summed E-state index contributed by atoms with van der Waals surface area (Å²) in [5.41, 5.74) is 1.95. The van der Waals surface area contributed by atoms with Gasteiger partial charge in [0, 0.05) is 35.9 Å². The molecule has 0 atom stereocenters. The standard InChI is InChI=1S/C27H34N8O2/c1-33(20-9-12-28-13-10-20)19-5-7-21(8-6-19)34-17-18-14-22(24(37-2)15-23(18)32-34)27(36)31-26-16-29-25-4-3-11-30-35(25)26/h3-4,11,14-17,19-21,28H,5-10,12-13H2,1-2H3,(H,31,36). The topological polar surface area (TPSA) is 102 Å². The zero-order valence-electron chi connectivity index (χ0n) is 21.4. The average molecular weight is 503 g/mol. The summed E-state index contributed by atoms with van der Waals surface area (Å²) >= 11 is 0. The van der Waals surface area contributed by atoms with Gasteiger partial charge in [-0.25, -0.2) is 4.98 Å². The lowest BCUT2D eigenvalue weighted by Gasteiger charge is -2.40. The predicted molar refractivity (Wildman–Crippen MR) is 142 cm³/mol. The van der Waals surface area contributed by atoms with Gasteiger partial charge in [-0.1, -0.05) is 0 Å². The second-order valence-corrected chi connectivity index (χ2v) is 10.2. The third kappa shape index (κ3) is 4.67. The number of ether oxygens (including phenoxy) is 1. The summed E-state index contributed by atoms with van der Waals surface area (Å²) in [5.74, 6) is 0.717. The summed E-state index contributed by atoms with van der Waals surface area (Å²) in [4.78, 5) is 20.1. The van der Waals surface area contributed by atoms with Gasteiger partial charge in [0.2, 0.25) is 0 Å². The van der Waals surface area contributed by atoms with Crippen LogP contribution in [0.2, 0.25) is 0 Å². The Bertz CT molecular complexity index is 1400. The number of rotatable bonds is 6. The molecule has 2 fully saturated rings. The summed E-state index contributed by atoms with van der Waals surface area (Å²) < 4.78 is 9.27. The quantitative estimate of drug-likeness (QED) is 0.416. The Morgan fingerprint density at radius 3 is 2.70 bits per heavy atom. The van der Waals surface area contributed by atoms with Crippen LogP contribution in [0.15, 0.2) is 42.9 Å². The minimum absolute atomic E-state index is 0.277. The second kappa shape index (κ2) is 10.1. The first-order valence-electron chi connectivity index (χ1n) is 13.2. The molecule has 3 aromatic heterocycles. The average Bonchev–Trinajstić information content (AvgIpc) is 3.56. The van der Waals surface area contributed by atoms with Crippen molar-refractivity contribution in [3.05, 3.63) is 48.4 Å². The first kappa shape index (κ1) is 23.9. The molecule has 2 aliphatic rings. The van der Waals surface area contributed by atoms with E-state index in [0.717, 1.165) is 36.8 Å². The maximum absolute atomic E-state index is 13.2. The molecule has 0 bridgehead atoms. The van der Waals surface area contributed by atoms with Crippen molar-refractivity contribution in [2.75, 3.05) is 32.6 Å². The van der Waals surface area contributed by atoms with Crippen molar-refractivity contribution in [3.8, 4) is 5.75 Å². The molecule has 6 rings (SSSR count). The maximum atomic E-state index is 13.2. The first-order chi connectivity index (χ1) is 18.1. The smallest absolute Gasteiger partial charge is 0.260 e. The van der Waals surface area contributed by atoms with Crippen molar-refractivity contribution >= 4 is 28.3 Å². The molecule has 0 radical (unpaired) electrons. The fourth-order valence-electron chi connectivity index (χ4n) is 5.95. The molecule has 0 spiro atoms. The number of nitrogens with zero attached hydrogens (tertiary/aromatic N) is 6. The highest BCUT2D eigenvalue weighted by atomic mass is 16.5. The van der Waals surface area contributed by atoms with Crippen LogP contribution in [-0.2, 0) is 0 Å². The van der Waals surface area contributed by atoms with E-state index in [0.29, 0.717) is 40.9 Å². The van der Waals surface area contributed by atoms with Crippen LogP contribution in [0.4, 0.5) is 5.82 Å². The number of anilines is 1. The number of imidazole rings is 1. The minimum atomic E-state index is -0.277. The number of benzene rings is 1. The minimum Gasteiger partial charge on any atom is -0.496 e. The Morgan fingerprint density at radius 1 is 1.14 bits per heavy atom. The molecule has 194 valence electrons. The van der Waals surface area contributed by atoms with E-state index in [2.05, 4.69) is 43.5 Å². The highest BCUT2D eigenvalue weighted by Crippen LogP contribution is 2.34. The van der Waals surface area contributed by atoms with Crippen LogP contribution in [-0.4, -0.2) is 74.5 Å². The number of aromatic nitrogens is 5. The van der Waals surface area contributed by atoms with Gasteiger partial charge in [-0.05, 0) is 76.9 Å². The number of carbonyl (C=O) groups excluding carboxylic acids is 1. The van der Waals surface area contributed by atoms with Crippen molar-refractivity contribution < 1.29 is 9.53 Å². The largest absolute Gasteiger partial charge is 0.496 e. The summed E-state index contributed by atoms with van der Waals surface area (Å²) in [6.07, 6.45) is 12.4. The van der Waals surface area contributed by atoms with Crippen molar-refractivity contribution in [1.29, 1.82) is 0 Å². The molecule has 2 N–H and O–H groups in total. The maximum Gasteiger partial charge on any atom is 0.260 e. The number of methoxy groups -OCH3 is 1. The van der Waals surface area contributed by atoms with Crippen LogP contribution in [0, 0.1) is 0 Å². The molecule has 1 saturated carbocycles. The van der Waals surface area contributed by atoms with E-state index in [1.54, 1.807) is 24.0 Å². The molecule has 1 amide bonds. The van der Waals surface area contributed by atoms with Crippen LogP contribution in [0.3, 0.4) is 0 Å². The number of fused-ring (bicyclic) bond motifs is 2. The highest BCUT2D eigenvalue weighted by molar-refractivity contribution is 6.08. The molecule has 4 aromatic rings. The van der Waals surface area contributed by atoms with E-state index >= 15 is 0 Å². The van der Waals surface area contributed by atoms with Gasteiger partial charge in [-0.15, -0.1) is 0 Å². The highest BCUT2D eigenvalue weighted by Gasteiger charge is 2.30. The van der Waals surface area contributed by atoms with E-state index in [9.17, 15) is 4.79 Å². The van der Waals surface area contributed by atoms with E-state index in [4.69, 9.17) is 9.84 Å². The van der Waals surface area contributed by atoms with Gasteiger partial charge < -0.3 is 20.3 Å². The molecule has 10 heteroatoms. The van der Waals surface area contributed by atoms with Gasteiger partial charge in [-0.2, -0.15) is 14.7 Å². The lowest BCUT2D eigenvalue weighted by atomic mass is 9.89. The Hall–Kier alpha value is -3.50. The van der Waals surface area contributed by atoms with Gasteiger partial charge >= 0.3 is 0 Å². The monoisotopic (exact) mass is 502 g/mol. The van der Waals surface area contributed by atoms with E-state index in [-0.39, 0.29) is 5.91 Å². The van der Waals surface area contributed by atoms with Crippen molar-refractivity contribution in [2.24, 2.45) is 0 Å². The zero-order chi connectivity index (χ0) is 25.4. The van der Waals surface area contributed by atoms with Crippen molar-refractivity contribution in [1.82, 2.24) is 34.6 Å². The van der Waals surface area contributed by atoms with Gasteiger partial charge in [-0.3, -0.25) is 9.48 Å². The Kier molecular flexibility index (Phi) is 6.52. The number of nitrogens with one attached hydrogen (secondary N) is 2. The molecule has 1 saturated heterocycles. The summed E-state index contributed by atoms with van der Waals surface area (Å²) in [7, 11) is 3.88. The zero-order valence-corrected chi connectivity index (χ0v) is 21.4. The summed E-state index contributed by atoms with van der Waals surface area (Å²) in [6.45, 7) is 2.26. The van der Waals surface area contributed by atoms with Crippen LogP contribution in [0.5, 0.6) is 5.75 Å². The SMILES string of the molecule is COc1cc2nn(C3CCC(N(C)C4CCNCC4)CC3)cc2cc1C(=O)Nc1cnc2cccnn12. The van der Waals surface area contributed by atoms with Crippen molar-refractivity contribution in [2.45, 2.75) is 56.7 Å². The van der Waals surface area contributed by atoms with E-state index in [1.165, 1.54) is 25.7 Å². The molecule has 1 aliphatic heterocycles. The molecule has 4 heterocycles. The normalized spacial score (nSPS) is 21.1. The molecular weight excluding hydrogens is 468 g/mol. The van der Waals surface area contributed by atoms with Crippen LogP contribution < -0.4 is 15.4 Å². The van der Waals surface area contributed by atoms with E-state index < -0.39 is 0 Å². The first-order valence-corrected chi connectivity index (χ1v) is 13.2. The molecule has 37 heavy (non-hydrogen) atoms. The Labute approximate surface area is 216 Å². The number of amides is 1. The fraction of sp³-hybridized carbons (Fsp3) is 0.481. The van der Waals surface area contributed by atoms with Crippen LogP contribution >= 0.6 is 0 Å². The predicted octanol–water partition coefficient (Wildman–Crippen LogP) is 3.51. The molecule has 0 unspecified atom stereocenters. The number of piperidine rings is 1. The summed E-state index contributed by atoms with van der Waals surface area (Å²) in [5, 5.41) is 16.5. The Morgan fingerprint density at radius 2 is 1.92 bits per heavy atom. The Balaban J connectivity index is 1.18. The van der Waals surface area contributed by atoms with Crippen LogP contribution in [0.25, 0.3) is 16.6 Å². The third-order valence-corrected chi connectivity index (χ3v) is 8.11. The fourth-order valence-corrected chi connectivity index (χ4v) is 5.95. The van der Waals surface area contributed by atoms with Gasteiger partial charge in [0.15, 0.2) is 11.5 Å². The molecule has 1 aliphatic carbocycles. The number of carbonyl (C=O) groups is 1. The lowest BCUT2D eigenvalue weighted by molar-refractivity contribution is 0.101. The number of hydrogen-bond donors (Lipinski definition) is 2. The van der Waals surface area contributed by atoms with Gasteiger partial charge in [0.1, 0.15) is 5.75 Å². The van der Waals surface area contributed by atoms with E-state index in [1.807, 2.05) is 24.3 Å². The van der Waals surface area contributed by atoms with Crippen molar-refractivity contribution in [3.63, 3.8) is 0 Å². The number of hydrogen-bond acceptors (Lipinski definition) is 7. The lowest BCUT2D eigenvalue weighted by Crippen LogP contribution is -2.47. The third-order valence-electron chi connectivity index (χ3n) is 8.11. The van der Waals surface area contributed by atoms with Crippen LogP contribution in [0.1, 0.15) is 54.9 Å². The summed E-state index contributed by atoms with van der Waals surface area (Å²) in [6, 6.07) is 9.07. The molecular formula is C27H34N8O2. The molecule has 10 nitrogen and oxygen atoms in total. The molecule has 1 aromatic carbocycles. The van der Waals surface area contributed by atoms with Gasteiger partial charge in [0.25, 0.3) is 5.91 Å². The second-order valence-electron chi connectivity index (χ2n) is 10.2. The van der Waals surface area contributed by atoms with Gasteiger partial charge in [0.05, 0.1) is 30.4 Å².